The summed E-state index contributed by atoms with van der Waals surface area (Å²) in [5, 5.41) is 6.50. The predicted molar refractivity (Wildman–Crippen MR) is 113 cm³/mol. The largest absolute Gasteiger partial charge is 0.462 e. The maximum Gasteiger partial charge on any atom is 0.321 e. The monoisotopic (exact) mass is 413 g/mol. The van der Waals surface area contributed by atoms with Gasteiger partial charge in [0, 0.05) is 23.3 Å². The Morgan fingerprint density at radius 1 is 1.17 bits per heavy atom. The molecule has 0 radical (unpaired) electrons. The SMILES string of the molecule is Cc1nc(Nc2ncc(CC(=O)Nc3ccccc3)s2)nc(OCCN(C)C)n1. The van der Waals surface area contributed by atoms with Gasteiger partial charge >= 0.3 is 6.01 Å². The summed E-state index contributed by atoms with van der Waals surface area (Å²) in [6, 6.07) is 9.61. The summed E-state index contributed by atoms with van der Waals surface area (Å²) in [7, 11) is 3.93. The van der Waals surface area contributed by atoms with Crippen molar-refractivity contribution >= 4 is 34.0 Å². The summed E-state index contributed by atoms with van der Waals surface area (Å²) in [5.74, 6) is 0.798. The van der Waals surface area contributed by atoms with Crippen LogP contribution in [0, 0.1) is 6.92 Å². The Labute approximate surface area is 173 Å². The number of benzene rings is 1. The van der Waals surface area contributed by atoms with Gasteiger partial charge in [0.1, 0.15) is 12.4 Å². The standard InChI is InChI=1S/C19H23N7O2S/c1-13-21-17(24-18(22-13)28-10-9-26(2)3)25-19-20-12-15(29-19)11-16(27)23-14-7-5-4-6-8-14/h4-8,12H,9-11H2,1-3H3,(H,23,27)(H,20,21,22,24,25). The first kappa shape index (κ1) is 20.6. The number of aromatic nitrogens is 4. The lowest BCUT2D eigenvalue weighted by molar-refractivity contribution is -0.115. The smallest absolute Gasteiger partial charge is 0.321 e. The highest BCUT2D eigenvalue weighted by molar-refractivity contribution is 7.15. The molecule has 0 fully saturated rings. The van der Waals surface area contributed by atoms with Crippen molar-refractivity contribution in [1.82, 2.24) is 24.8 Å². The van der Waals surface area contributed by atoms with Crippen LogP contribution in [-0.4, -0.2) is 58.0 Å². The van der Waals surface area contributed by atoms with Gasteiger partial charge in [-0.25, -0.2) is 4.98 Å². The van der Waals surface area contributed by atoms with Gasteiger partial charge in [0.2, 0.25) is 11.9 Å². The number of anilines is 3. The molecule has 0 bridgehead atoms. The number of para-hydroxylation sites is 1. The van der Waals surface area contributed by atoms with Crippen LogP contribution in [0.3, 0.4) is 0 Å². The third-order valence-corrected chi connectivity index (χ3v) is 4.57. The molecule has 9 nitrogen and oxygen atoms in total. The van der Waals surface area contributed by atoms with Crippen LogP contribution in [-0.2, 0) is 11.2 Å². The van der Waals surface area contributed by atoms with Crippen LogP contribution in [0.1, 0.15) is 10.7 Å². The summed E-state index contributed by atoms with van der Waals surface area (Å²) >= 11 is 1.37. The van der Waals surface area contributed by atoms with Crippen LogP contribution >= 0.6 is 11.3 Å². The highest BCUT2D eigenvalue weighted by Gasteiger charge is 2.11. The second kappa shape index (κ2) is 9.89. The first-order valence-electron chi connectivity index (χ1n) is 9.05. The maximum absolute atomic E-state index is 12.2. The van der Waals surface area contributed by atoms with Crippen molar-refractivity contribution in [2.45, 2.75) is 13.3 Å². The molecule has 2 heterocycles. The zero-order valence-corrected chi connectivity index (χ0v) is 17.4. The molecular weight excluding hydrogens is 390 g/mol. The quantitative estimate of drug-likeness (QED) is 0.551. The molecule has 0 unspecified atom stereocenters. The van der Waals surface area contributed by atoms with Gasteiger partial charge < -0.3 is 15.0 Å². The topological polar surface area (TPSA) is 105 Å². The number of hydrogen-bond donors (Lipinski definition) is 2. The summed E-state index contributed by atoms with van der Waals surface area (Å²) in [5.41, 5.74) is 0.767. The van der Waals surface area contributed by atoms with E-state index in [0.29, 0.717) is 23.5 Å². The van der Waals surface area contributed by atoms with Gasteiger partial charge in [-0.15, -0.1) is 11.3 Å². The fourth-order valence-electron chi connectivity index (χ4n) is 2.32. The molecule has 1 aromatic carbocycles. The van der Waals surface area contributed by atoms with Crippen molar-refractivity contribution < 1.29 is 9.53 Å². The van der Waals surface area contributed by atoms with Crippen molar-refractivity contribution in [1.29, 1.82) is 0 Å². The second-order valence-corrected chi connectivity index (χ2v) is 7.60. The van der Waals surface area contributed by atoms with Crippen molar-refractivity contribution in [2.24, 2.45) is 0 Å². The number of nitrogens with zero attached hydrogens (tertiary/aromatic N) is 5. The summed E-state index contributed by atoms with van der Waals surface area (Å²) < 4.78 is 5.58. The van der Waals surface area contributed by atoms with Gasteiger partial charge in [-0.2, -0.15) is 15.0 Å². The van der Waals surface area contributed by atoms with Crippen LogP contribution < -0.4 is 15.4 Å². The van der Waals surface area contributed by atoms with Gasteiger partial charge in [0.05, 0.1) is 6.42 Å². The number of aryl methyl sites for hydroxylation is 1. The number of likely N-dealkylation sites (N-methyl/N-ethyl adjacent to an activating group) is 1. The van der Waals surface area contributed by atoms with E-state index in [9.17, 15) is 4.79 Å². The Morgan fingerprint density at radius 2 is 1.97 bits per heavy atom. The van der Waals surface area contributed by atoms with Crippen LogP contribution in [0.5, 0.6) is 6.01 Å². The molecule has 0 saturated carbocycles. The number of hydrogen-bond acceptors (Lipinski definition) is 9. The van der Waals surface area contributed by atoms with E-state index in [1.54, 1.807) is 13.1 Å². The van der Waals surface area contributed by atoms with Gasteiger partial charge in [-0.05, 0) is 33.2 Å². The first-order valence-corrected chi connectivity index (χ1v) is 9.86. The lowest BCUT2D eigenvalue weighted by Gasteiger charge is -2.10. The average molecular weight is 414 g/mol. The van der Waals surface area contributed by atoms with Crippen molar-refractivity contribution in [3.05, 3.63) is 47.2 Å². The predicted octanol–water partition coefficient (Wildman–Crippen LogP) is 2.50. The van der Waals surface area contributed by atoms with Gasteiger partial charge in [0.15, 0.2) is 5.13 Å². The Morgan fingerprint density at radius 3 is 2.72 bits per heavy atom. The molecule has 0 atom stereocenters. The van der Waals surface area contributed by atoms with Gasteiger partial charge in [0.25, 0.3) is 0 Å². The minimum Gasteiger partial charge on any atom is -0.462 e. The number of rotatable bonds is 9. The van der Waals surface area contributed by atoms with E-state index in [2.05, 4.69) is 30.6 Å². The van der Waals surface area contributed by atoms with Crippen LogP contribution in [0.2, 0.25) is 0 Å². The first-order chi connectivity index (χ1) is 14.0. The number of carbonyl (C=O) groups is 1. The number of nitrogens with one attached hydrogen (secondary N) is 2. The third kappa shape index (κ3) is 6.77. The van der Waals surface area contributed by atoms with E-state index >= 15 is 0 Å². The minimum absolute atomic E-state index is 0.0982. The van der Waals surface area contributed by atoms with Gasteiger partial charge in [-0.1, -0.05) is 18.2 Å². The number of carbonyl (C=O) groups excluding carboxylic acids is 1. The fraction of sp³-hybridized carbons (Fsp3) is 0.316. The number of ether oxygens (including phenoxy) is 1. The normalized spacial score (nSPS) is 10.8. The molecule has 1 amide bonds. The number of thiazole rings is 1. The third-order valence-electron chi connectivity index (χ3n) is 3.66. The molecule has 0 aliphatic rings. The minimum atomic E-state index is -0.0982. The Bertz CT molecular complexity index is 947. The summed E-state index contributed by atoms with van der Waals surface area (Å²) in [6.07, 6.45) is 1.91. The summed E-state index contributed by atoms with van der Waals surface area (Å²) in [4.78, 5) is 32.0. The van der Waals surface area contributed by atoms with E-state index in [0.717, 1.165) is 17.1 Å². The molecule has 3 aromatic rings. The zero-order valence-electron chi connectivity index (χ0n) is 16.5. The van der Waals surface area contributed by atoms with Crippen molar-refractivity contribution in [3.8, 4) is 6.01 Å². The summed E-state index contributed by atoms with van der Waals surface area (Å²) in [6.45, 7) is 3.01. The van der Waals surface area contributed by atoms with Crippen molar-refractivity contribution in [2.75, 3.05) is 37.9 Å². The van der Waals surface area contributed by atoms with E-state index in [4.69, 9.17) is 4.74 Å². The molecule has 0 saturated heterocycles. The molecule has 2 aromatic heterocycles. The number of amides is 1. The lowest BCUT2D eigenvalue weighted by atomic mass is 10.3. The van der Waals surface area contributed by atoms with Crippen LogP contribution in [0.4, 0.5) is 16.8 Å². The zero-order chi connectivity index (χ0) is 20.6. The Balaban J connectivity index is 1.58. The Kier molecular flexibility index (Phi) is 7.04. The van der Waals surface area contributed by atoms with Crippen LogP contribution in [0.25, 0.3) is 0 Å². The van der Waals surface area contributed by atoms with E-state index < -0.39 is 0 Å². The fourth-order valence-corrected chi connectivity index (χ4v) is 3.13. The van der Waals surface area contributed by atoms with E-state index in [1.165, 1.54) is 11.3 Å². The molecule has 29 heavy (non-hydrogen) atoms. The van der Waals surface area contributed by atoms with E-state index in [1.807, 2.05) is 49.3 Å². The molecule has 0 aliphatic heterocycles. The molecule has 2 N–H and O–H groups in total. The second-order valence-electron chi connectivity index (χ2n) is 6.49. The highest BCUT2D eigenvalue weighted by atomic mass is 32.1. The van der Waals surface area contributed by atoms with Crippen LogP contribution in [0.15, 0.2) is 36.5 Å². The molecular formula is C19H23N7O2S. The highest BCUT2D eigenvalue weighted by Crippen LogP contribution is 2.22. The average Bonchev–Trinajstić information content (AvgIpc) is 3.08. The molecule has 10 heteroatoms. The van der Waals surface area contributed by atoms with E-state index in [-0.39, 0.29) is 18.3 Å². The van der Waals surface area contributed by atoms with Gasteiger partial charge in [-0.3, -0.25) is 10.1 Å². The molecule has 152 valence electrons. The molecule has 0 spiro atoms. The molecule has 0 aliphatic carbocycles. The maximum atomic E-state index is 12.2. The van der Waals surface area contributed by atoms with Crippen molar-refractivity contribution in [3.63, 3.8) is 0 Å². The Hall–Kier alpha value is -3.11. The lowest BCUT2D eigenvalue weighted by Crippen LogP contribution is -2.20. The molecule has 3 rings (SSSR count).